The number of nitrogens with zero attached hydrogens (tertiary/aromatic N) is 2. The Labute approximate surface area is 144 Å². The highest BCUT2D eigenvalue weighted by atomic mass is 16.5. The first kappa shape index (κ1) is 18.0. The zero-order valence-electron chi connectivity index (χ0n) is 14.1. The van der Waals surface area contributed by atoms with Gasteiger partial charge in [0, 0.05) is 11.3 Å². The highest BCUT2D eigenvalue weighted by molar-refractivity contribution is 5.97. The lowest BCUT2D eigenvalue weighted by molar-refractivity contribution is -0.120. The van der Waals surface area contributed by atoms with E-state index in [1.165, 1.54) is 32.8 Å². The molecule has 0 saturated carbocycles. The van der Waals surface area contributed by atoms with Gasteiger partial charge in [0.2, 0.25) is 0 Å². The molecule has 2 amide bonds. The molecule has 0 aliphatic rings. The van der Waals surface area contributed by atoms with Gasteiger partial charge in [-0.2, -0.15) is 5.10 Å². The van der Waals surface area contributed by atoms with Gasteiger partial charge in [-0.15, -0.1) is 0 Å². The van der Waals surface area contributed by atoms with Crippen molar-refractivity contribution in [3.05, 3.63) is 41.5 Å². The minimum absolute atomic E-state index is 0.218. The molecule has 0 aliphatic heterocycles. The Morgan fingerprint density at radius 1 is 1.28 bits per heavy atom. The number of nitrogens with one attached hydrogen (secondary N) is 3. The number of carbonyl (C=O) groups is 2. The van der Waals surface area contributed by atoms with Crippen LogP contribution in [-0.4, -0.2) is 48.8 Å². The molecule has 1 heterocycles. The van der Waals surface area contributed by atoms with Crippen LogP contribution in [0.5, 0.6) is 11.5 Å². The summed E-state index contributed by atoms with van der Waals surface area (Å²) in [5.41, 5.74) is 4.11. The molecule has 0 atom stereocenters. The van der Waals surface area contributed by atoms with Crippen LogP contribution in [0, 0.1) is 6.92 Å². The maximum absolute atomic E-state index is 12.1. The molecule has 0 radical (unpaired) electrons. The summed E-state index contributed by atoms with van der Waals surface area (Å²) in [4.78, 5) is 30.7. The zero-order chi connectivity index (χ0) is 18.2. The van der Waals surface area contributed by atoms with Gasteiger partial charge in [0.25, 0.3) is 11.8 Å². The highest BCUT2D eigenvalue weighted by Gasteiger charge is 2.11. The fraction of sp³-hybridized carbons (Fsp3) is 0.250. The molecule has 2 aromatic rings. The summed E-state index contributed by atoms with van der Waals surface area (Å²) in [6.07, 6.45) is 2.95. The van der Waals surface area contributed by atoms with Gasteiger partial charge >= 0.3 is 0 Å². The van der Waals surface area contributed by atoms with Gasteiger partial charge in [-0.1, -0.05) is 0 Å². The van der Waals surface area contributed by atoms with E-state index in [0.717, 1.165) is 5.69 Å². The third-order valence-corrected chi connectivity index (χ3v) is 3.30. The average molecular weight is 345 g/mol. The topological polar surface area (TPSA) is 118 Å². The lowest BCUT2D eigenvalue weighted by Crippen LogP contribution is -2.34. The summed E-state index contributed by atoms with van der Waals surface area (Å²) >= 11 is 0. The molecule has 0 spiro atoms. The number of hydrazone groups is 1. The summed E-state index contributed by atoms with van der Waals surface area (Å²) in [6.45, 7) is 1.61. The van der Waals surface area contributed by atoms with E-state index in [9.17, 15) is 9.59 Å². The second-order valence-electron chi connectivity index (χ2n) is 4.96. The molecule has 0 bridgehead atoms. The van der Waals surface area contributed by atoms with Crippen LogP contribution in [-0.2, 0) is 4.79 Å². The van der Waals surface area contributed by atoms with E-state index in [1.807, 2.05) is 6.92 Å². The first-order valence-electron chi connectivity index (χ1n) is 7.37. The lowest BCUT2D eigenvalue weighted by atomic mass is 10.2. The number of aryl methyl sites for hydroxylation is 1. The first-order chi connectivity index (χ1) is 12.0. The van der Waals surface area contributed by atoms with Crippen LogP contribution in [0.4, 0.5) is 0 Å². The summed E-state index contributed by atoms with van der Waals surface area (Å²) < 4.78 is 10.2. The summed E-state index contributed by atoms with van der Waals surface area (Å²) in [6, 6.07) is 4.72. The number of methoxy groups -OCH3 is 2. The highest BCUT2D eigenvalue weighted by Crippen LogP contribution is 2.27. The minimum atomic E-state index is -0.460. The normalized spacial score (nSPS) is 10.5. The van der Waals surface area contributed by atoms with Crippen molar-refractivity contribution in [2.24, 2.45) is 5.10 Å². The van der Waals surface area contributed by atoms with Gasteiger partial charge in [0.1, 0.15) is 5.69 Å². The number of ether oxygens (including phenoxy) is 2. The molecule has 0 aliphatic carbocycles. The Hall–Kier alpha value is -3.36. The Morgan fingerprint density at radius 2 is 2.04 bits per heavy atom. The third-order valence-electron chi connectivity index (χ3n) is 3.30. The molecule has 0 unspecified atom stereocenters. The van der Waals surface area contributed by atoms with E-state index >= 15 is 0 Å². The van der Waals surface area contributed by atoms with Gasteiger partial charge in [0.15, 0.2) is 11.5 Å². The van der Waals surface area contributed by atoms with Crippen LogP contribution in [0.2, 0.25) is 0 Å². The Bertz CT molecular complexity index is 785. The molecular weight excluding hydrogens is 326 g/mol. The third kappa shape index (κ3) is 4.80. The number of hydrogen-bond acceptors (Lipinski definition) is 6. The summed E-state index contributed by atoms with van der Waals surface area (Å²) in [7, 11) is 2.99. The van der Waals surface area contributed by atoms with Crippen LogP contribution >= 0.6 is 0 Å². The smallest absolute Gasteiger partial charge is 0.259 e. The molecule has 1 aromatic heterocycles. The molecule has 25 heavy (non-hydrogen) atoms. The van der Waals surface area contributed by atoms with E-state index in [0.29, 0.717) is 22.8 Å². The molecule has 0 fully saturated rings. The fourth-order valence-corrected chi connectivity index (χ4v) is 1.94. The average Bonchev–Trinajstić information content (AvgIpc) is 3.04. The molecule has 0 saturated heterocycles. The Kier molecular flexibility index (Phi) is 6.10. The van der Waals surface area contributed by atoms with Crippen molar-refractivity contribution in [2.45, 2.75) is 6.92 Å². The van der Waals surface area contributed by atoms with Crippen LogP contribution in [0.15, 0.2) is 29.6 Å². The van der Waals surface area contributed by atoms with E-state index in [4.69, 9.17) is 9.47 Å². The second-order valence-corrected chi connectivity index (χ2v) is 4.96. The minimum Gasteiger partial charge on any atom is -0.493 e. The largest absolute Gasteiger partial charge is 0.493 e. The summed E-state index contributed by atoms with van der Waals surface area (Å²) in [5.74, 6) is 0.0693. The molecular formula is C16H19N5O4. The van der Waals surface area contributed by atoms with E-state index in [-0.39, 0.29) is 6.54 Å². The van der Waals surface area contributed by atoms with Crippen LogP contribution in [0.3, 0.4) is 0 Å². The van der Waals surface area contributed by atoms with Crippen molar-refractivity contribution in [2.75, 3.05) is 20.8 Å². The van der Waals surface area contributed by atoms with Crippen molar-refractivity contribution < 1.29 is 19.1 Å². The van der Waals surface area contributed by atoms with E-state index < -0.39 is 11.8 Å². The number of rotatable bonds is 7. The van der Waals surface area contributed by atoms with E-state index in [2.05, 4.69) is 25.8 Å². The predicted octanol–water partition coefficient (Wildman–Crippen LogP) is 0.615. The second kappa shape index (κ2) is 8.48. The fourth-order valence-electron chi connectivity index (χ4n) is 1.94. The Morgan fingerprint density at radius 3 is 2.68 bits per heavy atom. The van der Waals surface area contributed by atoms with E-state index in [1.54, 1.807) is 12.1 Å². The first-order valence-corrected chi connectivity index (χ1v) is 7.37. The monoisotopic (exact) mass is 345 g/mol. The van der Waals surface area contributed by atoms with Crippen molar-refractivity contribution >= 4 is 18.0 Å². The molecule has 9 heteroatoms. The molecule has 2 rings (SSSR count). The van der Waals surface area contributed by atoms with Crippen LogP contribution in [0.25, 0.3) is 0 Å². The number of carbonyl (C=O) groups excluding carboxylic acids is 2. The summed E-state index contributed by atoms with van der Waals surface area (Å²) in [5, 5.41) is 6.28. The number of hydrogen-bond donors (Lipinski definition) is 3. The van der Waals surface area contributed by atoms with Crippen molar-refractivity contribution in [1.82, 2.24) is 20.7 Å². The standard InChI is InChI=1S/C16H19N5O4/c1-10-12(19-9-18-10)7-20-21-15(22)8-17-16(23)11-4-5-13(24-2)14(6-11)25-3/h4-7,9H,8H2,1-3H3,(H,17,23)(H,18,19)(H,21,22)/b20-7+. The number of amides is 2. The zero-order valence-corrected chi connectivity index (χ0v) is 14.1. The Balaban J connectivity index is 1.86. The number of aromatic nitrogens is 2. The van der Waals surface area contributed by atoms with Crippen molar-refractivity contribution in [3.63, 3.8) is 0 Å². The molecule has 9 nitrogen and oxygen atoms in total. The molecule has 132 valence electrons. The number of aromatic amines is 1. The predicted molar refractivity (Wildman–Crippen MR) is 90.9 cm³/mol. The maximum Gasteiger partial charge on any atom is 0.259 e. The number of benzene rings is 1. The van der Waals surface area contributed by atoms with Gasteiger partial charge < -0.3 is 19.8 Å². The van der Waals surface area contributed by atoms with Gasteiger partial charge in [-0.25, -0.2) is 10.4 Å². The number of H-pyrrole nitrogens is 1. The van der Waals surface area contributed by atoms with Gasteiger partial charge in [-0.3, -0.25) is 9.59 Å². The quantitative estimate of drug-likeness (QED) is 0.502. The molecule has 3 N–H and O–H groups in total. The van der Waals surface area contributed by atoms with Gasteiger partial charge in [0.05, 0.1) is 33.3 Å². The SMILES string of the molecule is COc1ccc(C(=O)NCC(=O)N/N=C/c2nc[nH]c2C)cc1OC. The lowest BCUT2D eigenvalue weighted by Gasteiger charge is -2.09. The van der Waals surface area contributed by atoms with Crippen LogP contribution in [0.1, 0.15) is 21.7 Å². The van der Waals surface area contributed by atoms with Crippen LogP contribution < -0.4 is 20.2 Å². The molecule has 1 aromatic carbocycles. The van der Waals surface area contributed by atoms with Crippen molar-refractivity contribution in [3.8, 4) is 11.5 Å². The van der Waals surface area contributed by atoms with Gasteiger partial charge in [-0.05, 0) is 25.1 Å². The number of imidazole rings is 1. The maximum atomic E-state index is 12.1. The van der Waals surface area contributed by atoms with Crippen molar-refractivity contribution in [1.29, 1.82) is 0 Å².